The molecule has 0 N–H and O–H groups in total. The molecule has 1 heterocycles. The molecule has 0 saturated heterocycles. The van der Waals surface area contributed by atoms with E-state index in [2.05, 4.69) is 11.0 Å². The largest absolute Gasteiger partial charge is 0.493 e. The fourth-order valence-electron chi connectivity index (χ4n) is 5.28. The Hall–Kier alpha value is -3.33. The van der Waals surface area contributed by atoms with E-state index in [0.717, 1.165) is 56.6 Å². The Balaban J connectivity index is 1.62. The van der Waals surface area contributed by atoms with Crippen molar-refractivity contribution >= 4 is 5.78 Å². The maximum absolute atomic E-state index is 13.3. The summed E-state index contributed by atoms with van der Waals surface area (Å²) in [7, 11) is 11.1. The highest BCUT2D eigenvalue weighted by Gasteiger charge is 2.29. The molecule has 0 bridgehead atoms. The number of methoxy groups -OCH3 is 7. The Morgan fingerprint density at radius 3 is 1.92 bits per heavy atom. The van der Waals surface area contributed by atoms with Gasteiger partial charge >= 0.3 is 0 Å². The van der Waals surface area contributed by atoms with Crippen LogP contribution < -0.4 is 33.2 Å². The zero-order chi connectivity index (χ0) is 27.8. The first-order valence-electron chi connectivity index (χ1n) is 12.8. The molecule has 9 heteroatoms. The van der Waals surface area contributed by atoms with Crippen LogP contribution in [-0.2, 0) is 13.0 Å². The van der Waals surface area contributed by atoms with Crippen molar-refractivity contribution in [1.82, 2.24) is 4.90 Å². The first-order chi connectivity index (χ1) is 18.4. The lowest BCUT2D eigenvalue weighted by Crippen LogP contribution is -2.31. The van der Waals surface area contributed by atoms with Gasteiger partial charge in [0.25, 0.3) is 0 Å². The van der Waals surface area contributed by atoms with Gasteiger partial charge in [-0.15, -0.1) is 0 Å². The molecule has 0 spiro atoms. The fraction of sp³-hybridized carbons (Fsp3) is 0.552. The van der Waals surface area contributed by atoms with E-state index in [-0.39, 0.29) is 5.78 Å². The highest BCUT2D eigenvalue weighted by molar-refractivity contribution is 6.02. The third kappa shape index (κ3) is 5.72. The van der Waals surface area contributed by atoms with Gasteiger partial charge in [-0.25, -0.2) is 0 Å². The first-order valence-corrected chi connectivity index (χ1v) is 12.8. The number of unbranched alkanes of at least 4 members (excludes halogenated alkanes) is 2. The number of Topliss-reactive ketones (excluding diaryl/α,β-unsaturated/α-hetero) is 1. The summed E-state index contributed by atoms with van der Waals surface area (Å²) in [6.45, 7) is 4.53. The van der Waals surface area contributed by atoms with Gasteiger partial charge in [-0.3, -0.25) is 9.69 Å². The molecule has 38 heavy (non-hydrogen) atoms. The number of hydrogen-bond acceptors (Lipinski definition) is 9. The number of carbonyl (C=O) groups is 1. The highest BCUT2D eigenvalue weighted by Crippen LogP contribution is 2.49. The summed E-state index contributed by atoms with van der Waals surface area (Å²) >= 11 is 0. The zero-order valence-corrected chi connectivity index (χ0v) is 23.9. The van der Waals surface area contributed by atoms with E-state index in [0.29, 0.717) is 52.0 Å². The van der Waals surface area contributed by atoms with Crippen molar-refractivity contribution in [3.05, 3.63) is 28.3 Å². The standard InChI is InChI=1S/C29H41NO8/c1-18-23(27(36-6)29(38-8)28(37-7)24(18)33-3)21(31)12-10-9-11-14-30-15-13-19-16-22(32-2)26(35-5)25(34-4)20(19)17-30/h16H,9-15,17H2,1-8H3. The summed E-state index contributed by atoms with van der Waals surface area (Å²) in [6, 6.07) is 2.05. The molecule has 0 fully saturated rings. The van der Waals surface area contributed by atoms with Crippen LogP contribution in [0.5, 0.6) is 40.2 Å². The SMILES string of the molecule is COc1cc2c(c(OC)c1OC)CN(CCCCCC(=O)c1c(C)c(OC)c(OC)c(OC)c1OC)CC2. The van der Waals surface area contributed by atoms with Crippen LogP contribution in [-0.4, -0.2) is 73.5 Å². The van der Waals surface area contributed by atoms with Crippen LogP contribution in [0.15, 0.2) is 6.07 Å². The minimum Gasteiger partial charge on any atom is -0.493 e. The molecule has 1 aliphatic heterocycles. The second kappa shape index (κ2) is 13.5. The van der Waals surface area contributed by atoms with Crippen LogP contribution in [0.1, 0.15) is 52.7 Å². The van der Waals surface area contributed by atoms with Crippen molar-refractivity contribution in [2.24, 2.45) is 0 Å². The Kier molecular flexibility index (Phi) is 10.4. The molecule has 0 amide bonds. The van der Waals surface area contributed by atoms with Crippen molar-refractivity contribution in [1.29, 1.82) is 0 Å². The molecule has 0 saturated carbocycles. The average Bonchev–Trinajstić information content (AvgIpc) is 2.94. The predicted octanol–water partition coefficient (Wildman–Crippen LogP) is 4.86. The molecule has 0 atom stereocenters. The number of benzene rings is 2. The molecule has 0 aromatic heterocycles. The fourth-order valence-corrected chi connectivity index (χ4v) is 5.28. The molecular weight excluding hydrogens is 490 g/mol. The topological polar surface area (TPSA) is 84.9 Å². The van der Waals surface area contributed by atoms with Crippen LogP contribution in [0.25, 0.3) is 0 Å². The molecule has 2 aromatic rings. The molecule has 1 aliphatic rings. The lowest BCUT2D eigenvalue weighted by atomic mass is 9.96. The quantitative estimate of drug-likeness (QED) is 0.251. The summed E-state index contributed by atoms with van der Waals surface area (Å²) < 4.78 is 38.9. The lowest BCUT2D eigenvalue weighted by molar-refractivity contribution is 0.0973. The molecule has 3 rings (SSSR count). The number of fused-ring (bicyclic) bond motifs is 1. The van der Waals surface area contributed by atoms with Crippen LogP contribution in [0.4, 0.5) is 0 Å². The Bertz CT molecular complexity index is 1130. The van der Waals surface area contributed by atoms with Crippen LogP contribution in [0, 0.1) is 6.92 Å². The minimum atomic E-state index is -0.00344. The number of rotatable bonds is 14. The minimum absolute atomic E-state index is 0.00344. The summed E-state index contributed by atoms with van der Waals surface area (Å²) in [6.07, 6.45) is 4.03. The number of carbonyl (C=O) groups excluding carboxylic acids is 1. The van der Waals surface area contributed by atoms with Crippen LogP contribution >= 0.6 is 0 Å². The normalized spacial score (nSPS) is 12.9. The summed E-state index contributed by atoms with van der Waals surface area (Å²) in [5.41, 5.74) is 3.54. The number of ether oxygens (including phenoxy) is 7. The summed E-state index contributed by atoms with van der Waals surface area (Å²) in [5.74, 6) is 3.69. The number of ketones is 1. The van der Waals surface area contributed by atoms with Crippen LogP contribution in [0.2, 0.25) is 0 Å². The van der Waals surface area contributed by atoms with Crippen molar-refractivity contribution in [2.45, 2.75) is 45.6 Å². The number of nitrogens with zero attached hydrogens (tertiary/aromatic N) is 1. The van der Waals surface area contributed by atoms with E-state index >= 15 is 0 Å². The van der Waals surface area contributed by atoms with Crippen molar-refractivity contribution in [3.63, 3.8) is 0 Å². The summed E-state index contributed by atoms with van der Waals surface area (Å²) in [4.78, 5) is 15.7. The van der Waals surface area contributed by atoms with Gasteiger partial charge < -0.3 is 33.2 Å². The van der Waals surface area contributed by atoms with Gasteiger partial charge in [0.05, 0.1) is 55.3 Å². The van der Waals surface area contributed by atoms with E-state index in [1.54, 1.807) is 28.4 Å². The van der Waals surface area contributed by atoms with Gasteiger partial charge in [-0.05, 0) is 44.4 Å². The van der Waals surface area contributed by atoms with Crippen LogP contribution in [0.3, 0.4) is 0 Å². The second-order valence-electron chi connectivity index (χ2n) is 9.18. The van der Waals surface area contributed by atoms with E-state index in [1.165, 1.54) is 26.9 Å². The molecule has 0 unspecified atom stereocenters. The zero-order valence-electron chi connectivity index (χ0n) is 23.9. The first kappa shape index (κ1) is 29.2. The average molecular weight is 532 g/mol. The van der Waals surface area contributed by atoms with Crippen molar-refractivity contribution in [2.75, 3.05) is 62.9 Å². The monoisotopic (exact) mass is 531 g/mol. The van der Waals surface area contributed by atoms with Gasteiger partial charge in [-0.1, -0.05) is 6.42 Å². The van der Waals surface area contributed by atoms with Crippen molar-refractivity contribution in [3.8, 4) is 40.2 Å². The van der Waals surface area contributed by atoms with E-state index in [9.17, 15) is 4.79 Å². The van der Waals surface area contributed by atoms with E-state index < -0.39 is 0 Å². The molecule has 9 nitrogen and oxygen atoms in total. The van der Waals surface area contributed by atoms with Gasteiger partial charge in [0.1, 0.15) is 0 Å². The Labute approximate surface area is 225 Å². The lowest BCUT2D eigenvalue weighted by Gasteiger charge is -2.31. The van der Waals surface area contributed by atoms with E-state index in [4.69, 9.17) is 33.2 Å². The predicted molar refractivity (Wildman–Crippen MR) is 145 cm³/mol. The Morgan fingerprint density at radius 1 is 0.737 bits per heavy atom. The highest BCUT2D eigenvalue weighted by atomic mass is 16.5. The number of hydrogen-bond donors (Lipinski definition) is 0. The van der Waals surface area contributed by atoms with Gasteiger partial charge in [0, 0.05) is 30.6 Å². The van der Waals surface area contributed by atoms with Gasteiger partial charge in [0.15, 0.2) is 28.8 Å². The maximum atomic E-state index is 13.3. The molecular formula is C29H41NO8. The third-order valence-corrected chi connectivity index (χ3v) is 7.14. The summed E-state index contributed by atoms with van der Waals surface area (Å²) in [5, 5.41) is 0. The molecule has 0 aliphatic carbocycles. The Morgan fingerprint density at radius 2 is 1.34 bits per heavy atom. The molecule has 210 valence electrons. The van der Waals surface area contributed by atoms with E-state index in [1.807, 2.05) is 6.92 Å². The van der Waals surface area contributed by atoms with Gasteiger partial charge in [0.2, 0.25) is 17.2 Å². The molecule has 2 aromatic carbocycles. The van der Waals surface area contributed by atoms with Crippen molar-refractivity contribution < 1.29 is 38.0 Å². The second-order valence-corrected chi connectivity index (χ2v) is 9.18. The molecule has 0 radical (unpaired) electrons. The maximum Gasteiger partial charge on any atom is 0.208 e. The van der Waals surface area contributed by atoms with Gasteiger partial charge in [-0.2, -0.15) is 0 Å². The smallest absolute Gasteiger partial charge is 0.208 e. The third-order valence-electron chi connectivity index (χ3n) is 7.14.